The van der Waals surface area contributed by atoms with Gasteiger partial charge in [-0.1, -0.05) is 24.3 Å². The van der Waals surface area contributed by atoms with E-state index in [-0.39, 0.29) is 18.1 Å². The van der Waals surface area contributed by atoms with E-state index in [1.54, 1.807) is 24.5 Å². The number of methoxy groups -OCH3 is 1. The van der Waals surface area contributed by atoms with Gasteiger partial charge in [0.2, 0.25) is 0 Å². The van der Waals surface area contributed by atoms with Crippen LogP contribution in [0.5, 0.6) is 0 Å². The number of likely N-dealkylation sites (tertiary alicyclic amines) is 1. The third kappa shape index (κ3) is 2.66. The van der Waals surface area contributed by atoms with Gasteiger partial charge in [-0.05, 0) is 11.5 Å². The maximum absolute atomic E-state index is 13.3. The molecule has 2 aromatic heterocycles. The predicted molar refractivity (Wildman–Crippen MR) is 91.9 cm³/mol. The topological polar surface area (TPSA) is 73.1 Å². The lowest BCUT2D eigenvalue weighted by molar-refractivity contribution is 0.0679. The molecule has 1 fully saturated rings. The summed E-state index contributed by atoms with van der Waals surface area (Å²) in [4.78, 5) is 19.5. The highest BCUT2D eigenvalue weighted by Gasteiger charge is 2.39. The van der Waals surface area contributed by atoms with Gasteiger partial charge in [0.15, 0.2) is 5.82 Å². The number of carbonyl (C=O) groups excluding carboxylic acids is 1. The van der Waals surface area contributed by atoms with Crippen molar-refractivity contribution in [2.24, 2.45) is 7.05 Å². The molecule has 7 heteroatoms. The van der Waals surface area contributed by atoms with Gasteiger partial charge >= 0.3 is 0 Å². The second kappa shape index (κ2) is 6.25. The Morgan fingerprint density at radius 1 is 1.28 bits per heavy atom. The smallest absolute Gasteiger partial charge is 0.273 e. The lowest BCUT2D eigenvalue weighted by atomic mass is 10.1. The van der Waals surface area contributed by atoms with E-state index in [4.69, 9.17) is 4.74 Å². The second-order valence-corrected chi connectivity index (χ2v) is 6.25. The first kappa shape index (κ1) is 15.7. The number of aryl methyl sites for hydroxylation is 1. The first-order valence-corrected chi connectivity index (χ1v) is 8.20. The van der Waals surface area contributed by atoms with Crippen LogP contribution in [0.3, 0.4) is 0 Å². The molecule has 25 heavy (non-hydrogen) atoms. The third-order valence-corrected chi connectivity index (χ3v) is 4.78. The molecule has 1 aliphatic rings. The number of benzene rings is 1. The summed E-state index contributed by atoms with van der Waals surface area (Å²) in [5.74, 6) is 0.650. The molecule has 1 aromatic carbocycles. The Hall–Kier alpha value is -2.80. The van der Waals surface area contributed by atoms with Crippen molar-refractivity contribution < 1.29 is 9.53 Å². The molecule has 3 heterocycles. The zero-order valence-electron chi connectivity index (χ0n) is 14.2. The summed E-state index contributed by atoms with van der Waals surface area (Å²) in [6.45, 7) is 0.512. The fraction of sp³-hybridized carbons (Fsp3) is 0.333. The number of amides is 1. The molecule has 3 aromatic rings. The van der Waals surface area contributed by atoms with Gasteiger partial charge in [-0.25, -0.2) is 0 Å². The minimum atomic E-state index is -0.175. The zero-order chi connectivity index (χ0) is 17.4. The molecule has 0 spiro atoms. The summed E-state index contributed by atoms with van der Waals surface area (Å²) in [5, 5.41) is 10.0. The molecule has 4 rings (SSSR count). The maximum Gasteiger partial charge on any atom is 0.273 e. The Kier molecular flexibility index (Phi) is 3.93. The van der Waals surface area contributed by atoms with Crippen molar-refractivity contribution in [3.05, 3.63) is 54.4 Å². The van der Waals surface area contributed by atoms with Crippen LogP contribution in [0.25, 0.3) is 10.8 Å². The lowest BCUT2D eigenvalue weighted by Gasteiger charge is -2.23. The molecule has 0 saturated carbocycles. The Morgan fingerprint density at radius 2 is 2.12 bits per heavy atom. The Labute approximate surface area is 145 Å². The molecular weight excluding hydrogens is 318 g/mol. The highest BCUT2D eigenvalue weighted by molar-refractivity contribution is 6.05. The first-order chi connectivity index (χ1) is 12.2. The zero-order valence-corrected chi connectivity index (χ0v) is 14.2. The number of aromatic nitrogens is 4. The van der Waals surface area contributed by atoms with Crippen molar-refractivity contribution in [1.82, 2.24) is 24.6 Å². The van der Waals surface area contributed by atoms with Crippen molar-refractivity contribution in [3.8, 4) is 0 Å². The van der Waals surface area contributed by atoms with Crippen molar-refractivity contribution in [1.29, 1.82) is 0 Å². The quantitative estimate of drug-likeness (QED) is 0.730. The van der Waals surface area contributed by atoms with E-state index >= 15 is 0 Å². The van der Waals surface area contributed by atoms with Crippen LogP contribution >= 0.6 is 0 Å². The van der Waals surface area contributed by atoms with E-state index in [0.717, 1.165) is 16.6 Å². The molecule has 7 nitrogen and oxygen atoms in total. The van der Waals surface area contributed by atoms with Gasteiger partial charge in [0, 0.05) is 38.7 Å². The van der Waals surface area contributed by atoms with Crippen LogP contribution in [0.15, 0.2) is 42.9 Å². The molecule has 1 amide bonds. The highest BCUT2D eigenvalue weighted by atomic mass is 16.5. The molecule has 0 unspecified atom stereocenters. The summed E-state index contributed by atoms with van der Waals surface area (Å²) in [5.41, 5.74) is 0.460. The number of fused-ring (bicyclic) bond motifs is 1. The van der Waals surface area contributed by atoms with Gasteiger partial charge in [-0.2, -0.15) is 0 Å². The molecule has 0 N–H and O–H groups in total. The van der Waals surface area contributed by atoms with Crippen LogP contribution in [-0.2, 0) is 11.8 Å². The Balaban J connectivity index is 1.75. The van der Waals surface area contributed by atoms with E-state index in [1.165, 1.54) is 0 Å². The number of nitrogens with zero attached hydrogens (tertiary/aromatic N) is 5. The van der Waals surface area contributed by atoms with E-state index in [1.807, 2.05) is 41.9 Å². The number of hydrogen-bond donors (Lipinski definition) is 0. The van der Waals surface area contributed by atoms with Crippen molar-refractivity contribution in [3.63, 3.8) is 0 Å². The molecule has 128 valence electrons. The number of carbonyl (C=O) groups is 1. The van der Waals surface area contributed by atoms with Crippen molar-refractivity contribution in [2.75, 3.05) is 13.7 Å². The van der Waals surface area contributed by atoms with E-state index in [0.29, 0.717) is 18.7 Å². The SMILES string of the molecule is CO[C@@H]1C[C@@H](c2nncn2C)N(C(=O)c2nccc3ccccc23)C1. The van der Waals surface area contributed by atoms with E-state index < -0.39 is 0 Å². The van der Waals surface area contributed by atoms with Crippen LogP contribution in [0.4, 0.5) is 0 Å². The third-order valence-electron chi connectivity index (χ3n) is 4.78. The van der Waals surface area contributed by atoms with Gasteiger partial charge in [-0.3, -0.25) is 9.78 Å². The average Bonchev–Trinajstić information content (AvgIpc) is 3.26. The summed E-state index contributed by atoms with van der Waals surface area (Å²) in [6, 6.07) is 9.52. The van der Waals surface area contributed by atoms with Gasteiger partial charge in [0.1, 0.15) is 12.0 Å². The number of hydrogen-bond acceptors (Lipinski definition) is 5. The molecule has 2 atom stereocenters. The van der Waals surface area contributed by atoms with Gasteiger partial charge in [-0.15, -0.1) is 10.2 Å². The molecule has 1 saturated heterocycles. The Morgan fingerprint density at radius 3 is 2.88 bits per heavy atom. The summed E-state index contributed by atoms with van der Waals surface area (Å²) < 4.78 is 7.36. The summed E-state index contributed by atoms with van der Waals surface area (Å²) >= 11 is 0. The second-order valence-electron chi connectivity index (χ2n) is 6.25. The Bertz CT molecular complexity index is 917. The summed E-state index contributed by atoms with van der Waals surface area (Å²) in [7, 11) is 3.55. The normalized spacial score (nSPS) is 20.3. The number of pyridine rings is 1. The van der Waals surface area contributed by atoms with Crippen LogP contribution in [0.1, 0.15) is 28.8 Å². The minimum Gasteiger partial charge on any atom is -0.380 e. The number of ether oxygens (including phenoxy) is 1. The van der Waals surface area contributed by atoms with Crippen LogP contribution in [0.2, 0.25) is 0 Å². The molecule has 0 bridgehead atoms. The first-order valence-electron chi connectivity index (χ1n) is 8.20. The fourth-order valence-corrected chi connectivity index (χ4v) is 3.46. The predicted octanol–water partition coefficient (Wildman–Crippen LogP) is 1.97. The summed E-state index contributed by atoms with van der Waals surface area (Å²) in [6.07, 6.45) is 3.99. The van der Waals surface area contributed by atoms with Gasteiger partial charge in [0.05, 0.1) is 12.1 Å². The van der Waals surface area contributed by atoms with Gasteiger partial charge in [0.25, 0.3) is 5.91 Å². The van der Waals surface area contributed by atoms with Crippen LogP contribution < -0.4 is 0 Å². The molecule has 0 radical (unpaired) electrons. The maximum atomic E-state index is 13.3. The highest BCUT2D eigenvalue weighted by Crippen LogP contribution is 2.33. The minimum absolute atomic E-state index is 0.0272. The average molecular weight is 337 g/mol. The lowest BCUT2D eigenvalue weighted by Crippen LogP contribution is -2.33. The van der Waals surface area contributed by atoms with Gasteiger partial charge < -0.3 is 14.2 Å². The molecule has 0 aliphatic carbocycles. The van der Waals surface area contributed by atoms with E-state index in [2.05, 4.69) is 15.2 Å². The molecule has 1 aliphatic heterocycles. The van der Waals surface area contributed by atoms with Crippen LogP contribution in [0, 0.1) is 0 Å². The number of rotatable bonds is 3. The monoisotopic (exact) mass is 337 g/mol. The van der Waals surface area contributed by atoms with E-state index in [9.17, 15) is 4.79 Å². The fourth-order valence-electron chi connectivity index (χ4n) is 3.46. The van der Waals surface area contributed by atoms with Crippen molar-refractivity contribution >= 4 is 16.7 Å². The van der Waals surface area contributed by atoms with Crippen LogP contribution in [-0.4, -0.2) is 50.3 Å². The molecular formula is C18H19N5O2. The standard InChI is InChI=1S/C18H19N5O2/c1-22-11-20-21-17(22)15-9-13(25-2)10-23(15)18(24)16-14-6-4-3-5-12(14)7-8-19-16/h3-8,11,13,15H,9-10H2,1-2H3/t13-,15+/m1/s1. The van der Waals surface area contributed by atoms with Crippen molar-refractivity contribution in [2.45, 2.75) is 18.6 Å². The largest absolute Gasteiger partial charge is 0.380 e.